The average Bonchev–Trinajstić information content (AvgIpc) is 2.40. The molecule has 0 aliphatic carbocycles. The Morgan fingerprint density at radius 3 is 2.32 bits per heavy atom. The van der Waals surface area contributed by atoms with Crippen molar-refractivity contribution in [1.82, 2.24) is 0 Å². The molecule has 0 aliphatic rings. The normalized spacial score (nSPS) is 10.8. The first-order chi connectivity index (χ1) is 9.06. The fraction of sp³-hybridized carbons (Fsp3) is 0. The minimum atomic E-state index is -0.221. The van der Waals surface area contributed by atoms with Crippen molar-refractivity contribution in [2.45, 2.75) is 0 Å². The average molecular weight is 275 g/mol. The molecule has 0 unspecified atom stereocenters. The number of phenols is 2. The van der Waals surface area contributed by atoms with Gasteiger partial charge in [0.05, 0.1) is 0 Å². The molecule has 2 rings (SSSR count). The molecule has 0 atom stereocenters. The Balaban J connectivity index is 2.15. The molecule has 0 saturated carbocycles. The molecule has 2 N–H and O–H groups in total. The third-order valence-electron chi connectivity index (χ3n) is 2.56. The molecule has 4 heteroatoms. The van der Waals surface area contributed by atoms with Crippen LogP contribution in [0.15, 0.2) is 48.5 Å². The highest BCUT2D eigenvalue weighted by atomic mass is 35.5. The van der Waals surface area contributed by atoms with Crippen molar-refractivity contribution >= 4 is 23.5 Å². The SMILES string of the molecule is O=C(/C=C/c1ccc(O)c(O)c1)c1ccc(Cl)cc1. The summed E-state index contributed by atoms with van der Waals surface area (Å²) >= 11 is 5.74. The van der Waals surface area contributed by atoms with Crippen LogP contribution in [0.1, 0.15) is 15.9 Å². The molecule has 0 aliphatic heterocycles. The fourth-order valence-electron chi connectivity index (χ4n) is 1.53. The summed E-state index contributed by atoms with van der Waals surface area (Å²) in [6.45, 7) is 0. The van der Waals surface area contributed by atoms with Gasteiger partial charge in [-0.25, -0.2) is 0 Å². The van der Waals surface area contributed by atoms with E-state index in [9.17, 15) is 15.0 Å². The van der Waals surface area contributed by atoms with Crippen LogP contribution in [-0.4, -0.2) is 16.0 Å². The first-order valence-electron chi connectivity index (χ1n) is 5.56. The minimum Gasteiger partial charge on any atom is -0.504 e. The van der Waals surface area contributed by atoms with E-state index in [2.05, 4.69) is 0 Å². The molecule has 96 valence electrons. The Bertz CT molecular complexity index is 630. The molecule has 0 radical (unpaired) electrons. The Hall–Kier alpha value is -2.26. The molecule has 0 amide bonds. The van der Waals surface area contributed by atoms with Crippen LogP contribution in [0.3, 0.4) is 0 Å². The van der Waals surface area contributed by atoms with Crippen LogP contribution >= 0.6 is 11.6 Å². The molecule has 0 aromatic heterocycles. The first kappa shape index (κ1) is 13.2. The number of carbonyl (C=O) groups excluding carboxylic acids is 1. The molecule has 0 fully saturated rings. The van der Waals surface area contributed by atoms with Crippen molar-refractivity contribution in [3.63, 3.8) is 0 Å². The van der Waals surface area contributed by atoms with Crippen molar-refractivity contribution in [3.8, 4) is 11.5 Å². The maximum absolute atomic E-state index is 11.8. The Morgan fingerprint density at radius 1 is 1.00 bits per heavy atom. The van der Waals surface area contributed by atoms with E-state index in [-0.39, 0.29) is 17.3 Å². The summed E-state index contributed by atoms with van der Waals surface area (Å²) in [7, 11) is 0. The van der Waals surface area contributed by atoms with Gasteiger partial charge in [-0.1, -0.05) is 23.7 Å². The maximum Gasteiger partial charge on any atom is 0.185 e. The van der Waals surface area contributed by atoms with Crippen LogP contribution in [0, 0.1) is 0 Å². The van der Waals surface area contributed by atoms with Gasteiger partial charge in [-0.05, 0) is 48.0 Å². The summed E-state index contributed by atoms with van der Waals surface area (Å²) in [4.78, 5) is 11.8. The Kier molecular flexibility index (Phi) is 3.88. The molecule has 0 bridgehead atoms. The van der Waals surface area contributed by atoms with Gasteiger partial charge in [-0.3, -0.25) is 4.79 Å². The maximum atomic E-state index is 11.8. The minimum absolute atomic E-state index is 0.163. The number of allylic oxidation sites excluding steroid dienone is 1. The van der Waals surface area contributed by atoms with Crippen LogP contribution in [0.25, 0.3) is 6.08 Å². The van der Waals surface area contributed by atoms with Crippen molar-refractivity contribution in [2.75, 3.05) is 0 Å². The Morgan fingerprint density at radius 2 is 1.68 bits per heavy atom. The number of rotatable bonds is 3. The van der Waals surface area contributed by atoms with Gasteiger partial charge in [0.15, 0.2) is 17.3 Å². The van der Waals surface area contributed by atoms with Crippen molar-refractivity contribution in [1.29, 1.82) is 0 Å². The molecule has 2 aromatic rings. The molecule has 0 saturated heterocycles. The summed E-state index contributed by atoms with van der Waals surface area (Å²) in [5.74, 6) is -0.577. The zero-order chi connectivity index (χ0) is 13.8. The summed E-state index contributed by atoms with van der Waals surface area (Å²) in [6.07, 6.45) is 2.96. The predicted molar refractivity (Wildman–Crippen MR) is 74.6 cm³/mol. The van der Waals surface area contributed by atoms with Crippen molar-refractivity contribution in [3.05, 3.63) is 64.7 Å². The van der Waals surface area contributed by atoms with E-state index >= 15 is 0 Å². The van der Waals surface area contributed by atoms with E-state index < -0.39 is 0 Å². The highest BCUT2D eigenvalue weighted by Crippen LogP contribution is 2.25. The summed E-state index contributed by atoms with van der Waals surface area (Å²) in [6, 6.07) is 10.9. The highest BCUT2D eigenvalue weighted by Gasteiger charge is 2.02. The summed E-state index contributed by atoms with van der Waals surface area (Å²) in [5.41, 5.74) is 1.15. The van der Waals surface area contributed by atoms with Crippen LogP contribution in [0.5, 0.6) is 11.5 Å². The molecular formula is C15H11ClO3. The standard InChI is InChI=1S/C15H11ClO3/c16-12-5-3-11(4-6-12)13(17)7-1-10-2-8-14(18)15(19)9-10/h1-9,18-19H/b7-1+. The van der Waals surface area contributed by atoms with Gasteiger partial charge in [-0.2, -0.15) is 0 Å². The lowest BCUT2D eigenvalue weighted by Gasteiger charge is -1.99. The molecule has 3 nitrogen and oxygen atoms in total. The molecule has 2 aromatic carbocycles. The summed E-state index contributed by atoms with van der Waals surface area (Å²) in [5, 5.41) is 19.1. The van der Waals surface area contributed by atoms with Crippen LogP contribution in [0.4, 0.5) is 0 Å². The van der Waals surface area contributed by atoms with E-state index in [0.717, 1.165) is 0 Å². The number of halogens is 1. The lowest BCUT2D eigenvalue weighted by Crippen LogP contribution is -1.92. The zero-order valence-electron chi connectivity index (χ0n) is 9.88. The zero-order valence-corrected chi connectivity index (χ0v) is 10.6. The topological polar surface area (TPSA) is 57.5 Å². The number of phenolic OH excluding ortho intramolecular Hbond substituents is 2. The largest absolute Gasteiger partial charge is 0.504 e. The second-order valence-electron chi connectivity index (χ2n) is 3.95. The number of aromatic hydroxyl groups is 2. The van der Waals surface area contributed by atoms with Crippen LogP contribution in [0.2, 0.25) is 5.02 Å². The lowest BCUT2D eigenvalue weighted by molar-refractivity contribution is 0.104. The first-order valence-corrected chi connectivity index (χ1v) is 5.94. The van der Waals surface area contributed by atoms with Gasteiger partial charge in [0.1, 0.15) is 0 Å². The second-order valence-corrected chi connectivity index (χ2v) is 4.39. The number of carbonyl (C=O) groups is 1. The molecular weight excluding hydrogens is 264 g/mol. The van der Waals surface area contributed by atoms with Crippen molar-refractivity contribution < 1.29 is 15.0 Å². The van der Waals surface area contributed by atoms with Gasteiger partial charge >= 0.3 is 0 Å². The fourth-order valence-corrected chi connectivity index (χ4v) is 1.65. The van der Waals surface area contributed by atoms with Gasteiger partial charge in [-0.15, -0.1) is 0 Å². The summed E-state index contributed by atoms with van der Waals surface area (Å²) < 4.78 is 0. The van der Waals surface area contributed by atoms with Crippen LogP contribution in [-0.2, 0) is 0 Å². The molecule has 0 heterocycles. The number of benzene rings is 2. The van der Waals surface area contributed by atoms with E-state index in [4.69, 9.17) is 11.6 Å². The monoisotopic (exact) mass is 274 g/mol. The number of ketones is 1. The van der Waals surface area contributed by atoms with Gasteiger partial charge < -0.3 is 10.2 Å². The smallest absolute Gasteiger partial charge is 0.185 e. The van der Waals surface area contributed by atoms with Gasteiger partial charge in [0.2, 0.25) is 0 Å². The number of hydrogen-bond donors (Lipinski definition) is 2. The molecule has 0 spiro atoms. The quantitative estimate of drug-likeness (QED) is 0.510. The van der Waals surface area contributed by atoms with E-state index in [0.29, 0.717) is 16.1 Å². The van der Waals surface area contributed by atoms with Crippen LogP contribution < -0.4 is 0 Å². The number of hydrogen-bond acceptors (Lipinski definition) is 3. The van der Waals surface area contributed by atoms with Crippen molar-refractivity contribution in [2.24, 2.45) is 0 Å². The third-order valence-corrected chi connectivity index (χ3v) is 2.81. The predicted octanol–water partition coefficient (Wildman–Crippen LogP) is 3.65. The highest BCUT2D eigenvalue weighted by molar-refractivity contribution is 6.30. The van der Waals surface area contributed by atoms with Gasteiger partial charge in [0, 0.05) is 10.6 Å². The molecule has 19 heavy (non-hydrogen) atoms. The van der Waals surface area contributed by atoms with Gasteiger partial charge in [0.25, 0.3) is 0 Å². The van der Waals surface area contributed by atoms with E-state index in [1.165, 1.54) is 18.2 Å². The third kappa shape index (κ3) is 3.36. The lowest BCUT2D eigenvalue weighted by atomic mass is 10.1. The second kappa shape index (κ2) is 5.59. The van der Waals surface area contributed by atoms with E-state index in [1.54, 1.807) is 36.4 Å². The Labute approximate surface area is 115 Å². The van der Waals surface area contributed by atoms with E-state index in [1.807, 2.05) is 0 Å².